The van der Waals surface area contributed by atoms with Crippen molar-refractivity contribution in [2.24, 2.45) is 17.8 Å². The van der Waals surface area contributed by atoms with Gasteiger partial charge in [0.2, 0.25) is 5.91 Å². The minimum absolute atomic E-state index is 0.0224. The smallest absolute Gasteiger partial charge is 0.335 e. The molecular formula is C14H14ClNO3. The number of halogens is 1. The van der Waals surface area contributed by atoms with E-state index in [0.717, 1.165) is 24.7 Å². The second kappa shape index (κ2) is 4.53. The SMILES string of the molecule is O=C(O)c1cc(Cl)cc(NC(=O)C2CC3CC3C2)c1. The fraction of sp³-hybridized carbons (Fsp3) is 0.429. The Morgan fingerprint density at radius 2 is 1.84 bits per heavy atom. The molecule has 19 heavy (non-hydrogen) atoms. The maximum Gasteiger partial charge on any atom is 0.335 e. The second-order valence-corrected chi connectivity index (χ2v) is 5.88. The number of carbonyl (C=O) groups is 2. The van der Waals surface area contributed by atoms with E-state index in [4.69, 9.17) is 16.7 Å². The molecule has 4 nitrogen and oxygen atoms in total. The molecule has 2 unspecified atom stereocenters. The highest BCUT2D eigenvalue weighted by atomic mass is 35.5. The van der Waals surface area contributed by atoms with Crippen LogP contribution in [0.1, 0.15) is 29.6 Å². The molecule has 2 fully saturated rings. The van der Waals surface area contributed by atoms with E-state index in [1.807, 2.05) is 0 Å². The lowest BCUT2D eigenvalue weighted by Gasteiger charge is -2.13. The summed E-state index contributed by atoms with van der Waals surface area (Å²) in [6.45, 7) is 0. The molecule has 2 saturated carbocycles. The molecule has 3 rings (SSSR count). The Kier molecular flexibility index (Phi) is 2.97. The number of amides is 1. The van der Waals surface area contributed by atoms with Crippen molar-refractivity contribution < 1.29 is 14.7 Å². The first-order valence-corrected chi connectivity index (χ1v) is 6.75. The highest BCUT2D eigenvalue weighted by Gasteiger charge is 2.47. The first-order chi connectivity index (χ1) is 9.02. The molecule has 0 spiro atoms. The van der Waals surface area contributed by atoms with Crippen molar-refractivity contribution in [2.45, 2.75) is 19.3 Å². The van der Waals surface area contributed by atoms with Crippen LogP contribution in [0.5, 0.6) is 0 Å². The fourth-order valence-corrected chi connectivity index (χ4v) is 3.19. The standard InChI is InChI=1S/C14H14ClNO3/c15-11-4-10(14(18)19)5-12(6-11)16-13(17)9-2-7-1-8(7)3-9/h4-9H,1-3H2,(H,16,17)(H,18,19). The summed E-state index contributed by atoms with van der Waals surface area (Å²) in [5, 5.41) is 12.0. The molecule has 0 bridgehead atoms. The van der Waals surface area contributed by atoms with Crippen molar-refractivity contribution in [3.05, 3.63) is 28.8 Å². The third-order valence-corrected chi connectivity index (χ3v) is 4.24. The fourth-order valence-electron chi connectivity index (χ4n) is 2.96. The number of benzene rings is 1. The van der Waals surface area contributed by atoms with Crippen LogP contribution in [0.15, 0.2) is 18.2 Å². The first kappa shape index (κ1) is 12.5. The summed E-state index contributed by atoms with van der Waals surface area (Å²) in [7, 11) is 0. The van der Waals surface area contributed by atoms with E-state index in [2.05, 4.69) is 5.32 Å². The van der Waals surface area contributed by atoms with Crippen LogP contribution < -0.4 is 5.32 Å². The van der Waals surface area contributed by atoms with E-state index in [1.54, 1.807) is 6.07 Å². The summed E-state index contributed by atoms with van der Waals surface area (Å²) in [5.74, 6) is 0.469. The number of carboxylic acid groups (broad SMARTS) is 1. The average Bonchev–Trinajstić information content (AvgIpc) is 2.95. The molecule has 0 aliphatic heterocycles. The van der Waals surface area contributed by atoms with Crippen LogP contribution in [0.2, 0.25) is 5.02 Å². The Labute approximate surface area is 115 Å². The van der Waals surface area contributed by atoms with Crippen molar-refractivity contribution >= 4 is 29.2 Å². The molecule has 0 saturated heterocycles. The van der Waals surface area contributed by atoms with Crippen LogP contribution >= 0.6 is 11.6 Å². The van der Waals surface area contributed by atoms with Gasteiger partial charge >= 0.3 is 5.97 Å². The lowest BCUT2D eigenvalue weighted by atomic mass is 10.0. The van der Waals surface area contributed by atoms with Crippen LogP contribution in [0.25, 0.3) is 0 Å². The van der Waals surface area contributed by atoms with Crippen LogP contribution in [0, 0.1) is 17.8 Å². The molecule has 0 heterocycles. The summed E-state index contributed by atoms with van der Waals surface area (Å²) in [6.07, 6.45) is 3.19. The van der Waals surface area contributed by atoms with Gasteiger partial charge in [0, 0.05) is 16.6 Å². The van der Waals surface area contributed by atoms with E-state index >= 15 is 0 Å². The predicted molar refractivity (Wildman–Crippen MR) is 71.4 cm³/mol. The lowest BCUT2D eigenvalue weighted by molar-refractivity contribution is -0.120. The van der Waals surface area contributed by atoms with E-state index in [-0.39, 0.29) is 17.4 Å². The summed E-state index contributed by atoms with van der Waals surface area (Å²) >= 11 is 5.85. The van der Waals surface area contributed by atoms with E-state index in [0.29, 0.717) is 10.7 Å². The molecule has 2 aliphatic carbocycles. The Morgan fingerprint density at radius 3 is 2.47 bits per heavy atom. The summed E-state index contributed by atoms with van der Waals surface area (Å²) in [5.41, 5.74) is 0.535. The number of aromatic carboxylic acids is 1. The number of fused-ring (bicyclic) bond motifs is 1. The summed E-state index contributed by atoms with van der Waals surface area (Å²) < 4.78 is 0. The first-order valence-electron chi connectivity index (χ1n) is 6.37. The van der Waals surface area contributed by atoms with Crippen molar-refractivity contribution in [3.8, 4) is 0 Å². The molecular weight excluding hydrogens is 266 g/mol. The van der Waals surface area contributed by atoms with Gasteiger partial charge in [-0.2, -0.15) is 0 Å². The predicted octanol–water partition coefficient (Wildman–Crippen LogP) is 3.02. The molecule has 0 radical (unpaired) electrons. The maximum absolute atomic E-state index is 12.1. The van der Waals surface area contributed by atoms with Crippen LogP contribution in [-0.2, 0) is 4.79 Å². The highest BCUT2D eigenvalue weighted by molar-refractivity contribution is 6.31. The maximum atomic E-state index is 12.1. The lowest BCUT2D eigenvalue weighted by Crippen LogP contribution is -2.21. The highest BCUT2D eigenvalue weighted by Crippen LogP contribution is 2.54. The number of carbonyl (C=O) groups excluding carboxylic acids is 1. The normalized spacial score (nSPS) is 27.7. The molecule has 5 heteroatoms. The van der Waals surface area contributed by atoms with Gasteiger partial charge in [0.05, 0.1) is 5.56 Å². The molecule has 1 amide bonds. The van der Waals surface area contributed by atoms with Gasteiger partial charge in [-0.05, 0) is 49.3 Å². The molecule has 100 valence electrons. The van der Waals surface area contributed by atoms with Crippen molar-refractivity contribution in [1.82, 2.24) is 0 Å². The number of hydrogen-bond acceptors (Lipinski definition) is 2. The summed E-state index contributed by atoms with van der Waals surface area (Å²) in [6, 6.07) is 4.37. The zero-order chi connectivity index (χ0) is 13.6. The van der Waals surface area contributed by atoms with Crippen LogP contribution in [0.4, 0.5) is 5.69 Å². The zero-order valence-corrected chi connectivity index (χ0v) is 11.0. The monoisotopic (exact) mass is 279 g/mol. The van der Waals surface area contributed by atoms with Gasteiger partial charge in [-0.1, -0.05) is 11.6 Å². The topological polar surface area (TPSA) is 66.4 Å². The van der Waals surface area contributed by atoms with Gasteiger partial charge in [-0.15, -0.1) is 0 Å². The average molecular weight is 280 g/mol. The Bertz CT molecular complexity index is 548. The van der Waals surface area contributed by atoms with Crippen LogP contribution in [-0.4, -0.2) is 17.0 Å². The van der Waals surface area contributed by atoms with Gasteiger partial charge in [0.25, 0.3) is 0 Å². The minimum Gasteiger partial charge on any atom is -0.478 e. The number of nitrogens with one attached hydrogen (secondary N) is 1. The van der Waals surface area contributed by atoms with Crippen LogP contribution in [0.3, 0.4) is 0 Å². The quantitative estimate of drug-likeness (QED) is 0.894. The second-order valence-electron chi connectivity index (χ2n) is 5.45. The van der Waals surface area contributed by atoms with Gasteiger partial charge in [0.15, 0.2) is 0 Å². The zero-order valence-electron chi connectivity index (χ0n) is 10.2. The van der Waals surface area contributed by atoms with Gasteiger partial charge in [-0.3, -0.25) is 4.79 Å². The van der Waals surface area contributed by atoms with E-state index < -0.39 is 5.97 Å². The van der Waals surface area contributed by atoms with E-state index in [1.165, 1.54) is 18.6 Å². The van der Waals surface area contributed by atoms with Gasteiger partial charge in [0.1, 0.15) is 0 Å². The van der Waals surface area contributed by atoms with Gasteiger partial charge in [-0.25, -0.2) is 4.79 Å². The third-order valence-electron chi connectivity index (χ3n) is 4.03. The number of carboxylic acids is 1. The Morgan fingerprint density at radius 1 is 1.16 bits per heavy atom. The Balaban J connectivity index is 1.71. The molecule has 2 N–H and O–H groups in total. The summed E-state index contributed by atoms with van der Waals surface area (Å²) in [4.78, 5) is 23.0. The third kappa shape index (κ3) is 2.59. The van der Waals surface area contributed by atoms with Gasteiger partial charge < -0.3 is 10.4 Å². The minimum atomic E-state index is -1.06. The number of rotatable bonds is 3. The molecule has 1 aromatic carbocycles. The van der Waals surface area contributed by atoms with Crippen molar-refractivity contribution in [3.63, 3.8) is 0 Å². The molecule has 2 atom stereocenters. The Hall–Kier alpha value is -1.55. The largest absolute Gasteiger partial charge is 0.478 e. The van der Waals surface area contributed by atoms with Crippen molar-refractivity contribution in [1.29, 1.82) is 0 Å². The van der Waals surface area contributed by atoms with E-state index in [9.17, 15) is 9.59 Å². The molecule has 1 aromatic rings. The number of hydrogen-bond donors (Lipinski definition) is 2. The molecule has 2 aliphatic rings. The number of anilines is 1. The molecule has 0 aromatic heterocycles. The van der Waals surface area contributed by atoms with Crippen molar-refractivity contribution in [2.75, 3.05) is 5.32 Å².